The molecule has 0 radical (unpaired) electrons. The zero-order valence-corrected chi connectivity index (χ0v) is 11.8. The van der Waals surface area contributed by atoms with Gasteiger partial charge in [0.2, 0.25) is 0 Å². The maximum Gasteiger partial charge on any atom is 0.0504 e. The van der Waals surface area contributed by atoms with Crippen LogP contribution in [-0.4, -0.2) is 4.57 Å². The van der Waals surface area contributed by atoms with E-state index in [1.54, 1.807) is 0 Å². The predicted octanol–water partition coefficient (Wildman–Crippen LogP) is 4.35. The van der Waals surface area contributed by atoms with Crippen molar-refractivity contribution >= 4 is 40.6 Å². The lowest BCUT2D eigenvalue weighted by atomic mass is 10.2. The molecule has 1 aromatic heterocycles. The Balaban J connectivity index is 0.00000133. The molecule has 0 bridgehead atoms. The van der Waals surface area contributed by atoms with Crippen LogP contribution >= 0.6 is 24.0 Å². The number of nitrogens with two attached hydrogens (primary N) is 1. The molecule has 0 aliphatic heterocycles. The number of hydrogen-bond acceptors (Lipinski definition) is 1. The molecule has 3 aromatic rings. The summed E-state index contributed by atoms with van der Waals surface area (Å²) in [6.45, 7) is 0.824. The van der Waals surface area contributed by atoms with E-state index in [2.05, 4.69) is 16.8 Å². The number of benzene rings is 2. The van der Waals surface area contributed by atoms with Crippen LogP contribution in [0.5, 0.6) is 0 Å². The van der Waals surface area contributed by atoms with Crippen molar-refractivity contribution < 1.29 is 0 Å². The van der Waals surface area contributed by atoms with Crippen LogP contribution in [0.1, 0.15) is 5.56 Å². The molecule has 2 nitrogen and oxygen atoms in total. The maximum atomic E-state index is 5.89. The van der Waals surface area contributed by atoms with Gasteiger partial charge in [0.1, 0.15) is 0 Å². The fraction of sp³-hybridized carbons (Fsp3) is 0.0667. The summed E-state index contributed by atoms with van der Waals surface area (Å²) in [5.41, 5.74) is 9.00. The van der Waals surface area contributed by atoms with E-state index in [9.17, 15) is 0 Å². The second-order valence-electron chi connectivity index (χ2n) is 4.39. The van der Waals surface area contributed by atoms with Crippen LogP contribution in [0.25, 0.3) is 10.9 Å². The first-order valence-electron chi connectivity index (χ1n) is 5.81. The van der Waals surface area contributed by atoms with Gasteiger partial charge in [-0.05, 0) is 41.3 Å². The third-order valence-corrected chi connectivity index (χ3v) is 3.32. The number of nitrogen functional groups attached to an aromatic ring is 1. The third-order valence-electron chi connectivity index (χ3n) is 3.06. The van der Waals surface area contributed by atoms with Gasteiger partial charge in [-0.15, -0.1) is 12.4 Å². The summed E-state index contributed by atoms with van der Waals surface area (Å²) in [5, 5.41) is 1.97. The van der Waals surface area contributed by atoms with Crippen molar-refractivity contribution in [1.29, 1.82) is 0 Å². The number of halogens is 2. The Morgan fingerprint density at radius 1 is 1.00 bits per heavy atom. The standard InChI is InChI=1S/C15H13ClN2.ClH/c16-13-4-1-11(2-5-13)10-18-8-7-12-3-6-14(17)9-15(12)18;/h1-9H,10,17H2;1H. The lowest BCUT2D eigenvalue weighted by Crippen LogP contribution is -1.98. The second-order valence-corrected chi connectivity index (χ2v) is 4.82. The SMILES string of the molecule is Cl.Nc1ccc2ccn(Cc3ccc(Cl)cc3)c2c1. The van der Waals surface area contributed by atoms with Crippen molar-refractivity contribution in [3.8, 4) is 0 Å². The molecule has 0 unspecified atom stereocenters. The molecule has 0 saturated carbocycles. The molecule has 0 spiro atoms. The minimum absolute atomic E-state index is 0. The Morgan fingerprint density at radius 3 is 2.47 bits per heavy atom. The number of aromatic nitrogens is 1. The van der Waals surface area contributed by atoms with Crippen molar-refractivity contribution in [2.24, 2.45) is 0 Å². The zero-order valence-electron chi connectivity index (χ0n) is 10.2. The summed E-state index contributed by atoms with van der Waals surface area (Å²) in [6.07, 6.45) is 2.08. The van der Waals surface area contributed by atoms with Crippen molar-refractivity contribution in [2.45, 2.75) is 6.54 Å². The van der Waals surface area contributed by atoms with E-state index < -0.39 is 0 Å². The molecule has 0 atom stereocenters. The van der Waals surface area contributed by atoms with Gasteiger partial charge in [-0.1, -0.05) is 29.8 Å². The van der Waals surface area contributed by atoms with Crippen LogP contribution in [0.2, 0.25) is 5.02 Å². The van der Waals surface area contributed by atoms with Gasteiger partial charge in [-0.25, -0.2) is 0 Å². The van der Waals surface area contributed by atoms with E-state index >= 15 is 0 Å². The van der Waals surface area contributed by atoms with Crippen LogP contribution in [0.3, 0.4) is 0 Å². The average molecular weight is 293 g/mol. The second kappa shape index (κ2) is 5.55. The number of fused-ring (bicyclic) bond motifs is 1. The molecule has 0 amide bonds. The van der Waals surface area contributed by atoms with Gasteiger partial charge < -0.3 is 10.3 Å². The summed E-state index contributed by atoms with van der Waals surface area (Å²) < 4.78 is 2.19. The number of anilines is 1. The molecular weight excluding hydrogens is 279 g/mol. The molecule has 0 aliphatic rings. The first-order valence-corrected chi connectivity index (χ1v) is 6.19. The molecular formula is C15H14Cl2N2. The molecule has 0 saturated heterocycles. The van der Waals surface area contributed by atoms with Crippen molar-refractivity contribution in [3.05, 3.63) is 65.3 Å². The van der Waals surface area contributed by atoms with Crippen molar-refractivity contribution in [3.63, 3.8) is 0 Å². The minimum atomic E-state index is 0. The first kappa shape index (κ1) is 13.8. The van der Waals surface area contributed by atoms with Crippen molar-refractivity contribution in [1.82, 2.24) is 4.57 Å². The summed E-state index contributed by atoms with van der Waals surface area (Å²) in [4.78, 5) is 0. The monoisotopic (exact) mass is 292 g/mol. The Hall–Kier alpha value is -1.64. The molecule has 4 heteroatoms. The number of hydrogen-bond donors (Lipinski definition) is 1. The largest absolute Gasteiger partial charge is 0.399 e. The normalized spacial score (nSPS) is 10.4. The number of nitrogens with zero attached hydrogens (tertiary/aromatic N) is 1. The van der Waals surface area contributed by atoms with Gasteiger partial charge in [0.25, 0.3) is 0 Å². The van der Waals surface area contributed by atoms with Crippen LogP contribution in [0.15, 0.2) is 54.7 Å². The fourth-order valence-electron chi connectivity index (χ4n) is 2.13. The molecule has 0 aliphatic carbocycles. The molecule has 1 heterocycles. The molecule has 0 fully saturated rings. The van der Waals surface area contributed by atoms with Gasteiger partial charge in [-0.3, -0.25) is 0 Å². The third kappa shape index (κ3) is 2.86. The lowest BCUT2D eigenvalue weighted by molar-refractivity contribution is 0.837. The van der Waals surface area contributed by atoms with Gasteiger partial charge in [-0.2, -0.15) is 0 Å². The summed E-state index contributed by atoms with van der Waals surface area (Å²) >= 11 is 5.89. The van der Waals surface area contributed by atoms with Gasteiger partial charge in [0.15, 0.2) is 0 Å². The fourth-order valence-corrected chi connectivity index (χ4v) is 2.25. The first-order chi connectivity index (χ1) is 8.72. The zero-order chi connectivity index (χ0) is 12.5. The predicted molar refractivity (Wildman–Crippen MR) is 84.2 cm³/mol. The van der Waals surface area contributed by atoms with E-state index in [1.807, 2.05) is 42.5 Å². The van der Waals surface area contributed by atoms with Gasteiger partial charge >= 0.3 is 0 Å². The van der Waals surface area contributed by atoms with Crippen LogP contribution in [0.4, 0.5) is 5.69 Å². The average Bonchev–Trinajstić information content (AvgIpc) is 2.75. The topological polar surface area (TPSA) is 30.9 Å². The van der Waals surface area contributed by atoms with Crippen LogP contribution < -0.4 is 5.73 Å². The molecule has 19 heavy (non-hydrogen) atoms. The highest BCUT2D eigenvalue weighted by Gasteiger charge is 2.02. The smallest absolute Gasteiger partial charge is 0.0504 e. The summed E-state index contributed by atoms with van der Waals surface area (Å²) in [7, 11) is 0. The highest BCUT2D eigenvalue weighted by atomic mass is 35.5. The summed E-state index contributed by atoms with van der Waals surface area (Å²) in [6, 6.07) is 16.0. The molecule has 98 valence electrons. The quantitative estimate of drug-likeness (QED) is 0.700. The Labute approximate surface area is 123 Å². The van der Waals surface area contributed by atoms with Crippen LogP contribution in [-0.2, 0) is 6.54 Å². The van der Waals surface area contributed by atoms with E-state index in [0.717, 1.165) is 22.8 Å². The Kier molecular flexibility index (Phi) is 4.03. The Morgan fingerprint density at radius 2 is 1.74 bits per heavy atom. The van der Waals surface area contributed by atoms with E-state index in [4.69, 9.17) is 17.3 Å². The van der Waals surface area contributed by atoms with E-state index in [1.165, 1.54) is 10.9 Å². The van der Waals surface area contributed by atoms with Gasteiger partial charge in [0, 0.05) is 23.5 Å². The lowest BCUT2D eigenvalue weighted by Gasteiger charge is -2.06. The number of rotatable bonds is 2. The van der Waals surface area contributed by atoms with E-state index in [0.29, 0.717) is 0 Å². The maximum absolute atomic E-state index is 5.89. The van der Waals surface area contributed by atoms with E-state index in [-0.39, 0.29) is 12.4 Å². The highest BCUT2D eigenvalue weighted by Crippen LogP contribution is 2.20. The summed E-state index contributed by atoms with van der Waals surface area (Å²) in [5.74, 6) is 0. The molecule has 3 rings (SSSR count). The minimum Gasteiger partial charge on any atom is -0.399 e. The Bertz CT molecular complexity index is 687. The molecule has 2 N–H and O–H groups in total. The highest BCUT2D eigenvalue weighted by molar-refractivity contribution is 6.30. The van der Waals surface area contributed by atoms with Gasteiger partial charge in [0.05, 0.1) is 5.52 Å². The van der Waals surface area contributed by atoms with Crippen LogP contribution in [0, 0.1) is 0 Å². The van der Waals surface area contributed by atoms with Crippen molar-refractivity contribution in [2.75, 3.05) is 5.73 Å². The molecule has 2 aromatic carbocycles.